The van der Waals surface area contributed by atoms with Gasteiger partial charge in [0, 0.05) is 49.7 Å². The van der Waals surface area contributed by atoms with Crippen molar-refractivity contribution in [2.24, 2.45) is 0 Å². The molecule has 0 aromatic heterocycles. The quantitative estimate of drug-likeness (QED) is 0.698. The second-order valence-corrected chi connectivity index (χ2v) is 6.88. The number of amides is 1. The van der Waals surface area contributed by atoms with E-state index in [1.54, 1.807) is 49.5 Å². The first kappa shape index (κ1) is 21.5. The van der Waals surface area contributed by atoms with Crippen molar-refractivity contribution in [1.82, 2.24) is 10.2 Å². The Labute approximate surface area is 176 Å². The minimum atomic E-state index is -0.909. The first-order valence-corrected chi connectivity index (χ1v) is 9.66. The minimum absolute atomic E-state index is 0.0987. The van der Waals surface area contributed by atoms with Crippen LogP contribution in [0.1, 0.15) is 38.8 Å². The number of hydrogen-bond donors (Lipinski definition) is 2. The predicted octanol–water partition coefficient (Wildman–Crippen LogP) is 2.39. The van der Waals surface area contributed by atoms with Crippen molar-refractivity contribution in [2.45, 2.75) is 6.23 Å². The van der Waals surface area contributed by atoms with Crippen LogP contribution in [0.2, 0.25) is 0 Å². The molecule has 1 aliphatic rings. The Morgan fingerprint density at radius 2 is 1.80 bits per heavy atom. The van der Waals surface area contributed by atoms with Crippen molar-refractivity contribution in [3.8, 4) is 6.07 Å². The van der Waals surface area contributed by atoms with Crippen LogP contribution in [0.25, 0.3) is 11.8 Å². The molecule has 0 saturated carbocycles. The van der Waals surface area contributed by atoms with Crippen molar-refractivity contribution in [3.05, 3.63) is 70.3 Å². The molecule has 0 aliphatic carbocycles. The van der Waals surface area contributed by atoms with Crippen LogP contribution in [0.4, 0.5) is 0 Å². The molecule has 0 bridgehead atoms. The van der Waals surface area contributed by atoms with Crippen molar-refractivity contribution >= 4 is 17.7 Å². The summed E-state index contributed by atoms with van der Waals surface area (Å²) < 4.78 is 10.2. The number of benzene rings is 2. The maximum Gasteiger partial charge on any atom is 0.254 e. The van der Waals surface area contributed by atoms with E-state index in [-0.39, 0.29) is 5.91 Å². The first-order chi connectivity index (χ1) is 14.6. The number of rotatable bonds is 8. The van der Waals surface area contributed by atoms with Crippen molar-refractivity contribution in [1.29, 1.82) is 5.26 Å². The third kappa shape index (κ3) is 4.69. The third-order valence-corrected chi connectivity index (χ3v) is 5.00. The van der Waals surface area contributed by atoms with Crippen LogP contribution < -0.4 is 5.32 Å². The van der Waals surface area contributed by atoms with E-state index in [1.165, 1.54) is 0 Å². The number of aliphatic hydroxyl groups excluding tert-OH is 1. The lowest BCUT2D eigenvalue weighted by molar-refractivity contribution is 0.0627. The van der Waals surface area contributed by atoms with Gasteiger partial charge in [-0.15, -0.1) is 0 Å². The normalized spacial score (nSPS) is 14.9. The van der Waals surface area contributed by atoms with Crippen LogP contribution in [0.15, 0.2) is 42.5 Å². The molecule has 0 saturated heterocycles. The van der Waals surface area contributed by atoms with E-state index in [9.17, 15) is 15.2 Å². The molecule has 2 aromatic rings. The summed E-state index contributed by atoms with van der Waals surface area (Å²) in [6.45, 7) is 1.85. The third-order valence-electron chi connectivity index (χ3n) is 5.00. The Morgan fingerprint density at radius 1 is 1.13 bits per heavy atom. The van der Waals surface area contributed by atoms with Gasteiger partial charge in [-0.3, -0.25) is 4.79 Å². The topological polar surface area (TPSA) is 94.8 Å². The number of carbonyl (C=O) groups excluding carboxylic acids is 1. The maximum absolute atomic E-state index is 12.9. The highest BCUT2D eigenvalue weighted by Crippen LogP contribution is 2.31. The number of nitriles is 1. The van der Waals surface area contributed by atoms with Gasteiger partial charge in [0.25, 0.3) is 5.91 Å². The van der Waals surface area contributed by atoms with Gasteiger partial charge in [-0.25, -0.2) is 0 Å². The maximum atomic E-state index is 12.9. The van der Waals surface area contributed by atoms with Gasteiger partial charge in [-0.2, -0.15) is 5.26 Å². The monoisotopic (exact) mass is 407 g/mol. The van der Waals surface area contributed by atoms with Crippen LogP contribution in [-0.2, 0) is 9.47 Å². The molecule has 0 spiro atoms. The van der Waals surface area contributed by atoms with Crippen LogP contribution in [0, 0.1) is 11.3 Å². The summed E-state index contributed by atoms with van der Waals surface area (Å²) in [6.07, 6.45) is 0.939. The zero-order valence-corrected chi connectivity index (χ0v) is 17.1. The molecule has 156 valence electrons. The molecule has 3 rings (SSSR count). The molecule has 1 atom stereocenters. The molecule has 0 fully saturated rings. The van der Waals surface area contributed by atoms with Gasteiger partial charge in [-0.05, 0) is 29.8 Å². The minimum Gasteiger partial charge on any atom is -0.383 e. The fourth-order valence-corrected chi connectivity index (χ4v) is 3.35. The highest BCUT2D eigenvalue weighted by molar-refractivity contribution is 5.95. The summed E-state index contributed by atoms with van der Waals surface area (Å²) in [5, 5.41) is 22.9. The Hall–Kier alpha value is -3.18. The number of nitrogens with zero attached hydrogens (tertiary/aromatic N) is 2. The highest BCUT2D eigenvalue weighted by atomic mass is 16.5. The first-order valence-electron chi connectivity index (χ1n) is 9.66. The van der Waals surface area contributed by atoms with Gasteiger partial charge in [-0.1, -0.05) is 24.3 Å². The summed E-state index contributed by atoms with van der Waals surface area (Å²) in [7, 11) is 3.20. The van der Waals surface area contributed by atoms with Crippen LogP contribution >= 0.6 is 0 Å². The summed E-state index contributed by atoms with van der Waals surface area (Å²) in [5.41, 5.74) is 3.92. The number of carbonyl (C=O) groups is 1. The summed E-state index contributed by atoms with van der Waals surface area (Å²) >= 11 is 0. The zero-order chi connectivity index (χ0) is 21.5. The van der Waals surface area contributed by atoms with Gasteiger partial charge in [0.1, 0.15) is 0 Å². The van der Waals surface area contributed by atoms with Crippen LogP contribution in [0.3, 0.4) is 0 Å². The number of hydrogen-bond acceptors (Lipinski definition) is 6. The number of nitrogens with one attached hydrogen (secondary N) is 1. The number of methoxy groups -OCH3 is 2. The molecule has 7 nitrogen and oxygen atoms in total. The molecular weight excluding hydrogens is 382 g/mol. The molecule has 2 aromatic carbocycles. The standard InChI is InChI=1S/C23H25N3O4/c1-29-12-10-26(11-13-30-2)23(28)17-8-6-16(7-9-17)21-14-20-18(15-24)4-3-5-19(20)22(27)25-21/h3-9,14,22,25,27H,10-13H2,1-2H3. The smallest absolute Gasteiger partial charge is 0.254 e. The Morgan fingerprint density at radius 3 is 2.40 bits per heavy atom. The fourth-order valence-electron chi connectivity index (χ4n) is 3.35. The summed E-state index contributed by atoms with van der Waals surface area (Å²) in [6, 6.07) is 14.6. The van der Waals surface area contributed by atoms with Crippen molar-refractivity contribution in [3.63, 3.8) is 0 Å². The fraction of sp³-hybridized carbons (Fsp3) is 0.304. The molecule has 1 amide bonds. The Kier molecular flexibility index (Phi) is 7.20. The van der Waals surface area contributed by atoms with E-state index >= 15 is 0 Å². The molecular formula is C23H25N3O4. The highest BCUT2D eigenvalue weighted by Gasteiger charge is 2.22. The molecule has 0 radical (unpaired) electrons. The molecule has 7 heteroatoms. The van der Waals surface area contributed by atoms with Crippen molar-refractivity contribution < 1.29 is 19.4 Å². The predicted molar refractivity (Wildman–Crippen MR) is 113 cm³/mol. The lowest BCUT2D eigenvalue weighted by Crippen LogP contribution is -2.36. The average molecular weight is 407 g/mol. The second-order valence-electron chi connectivity index (χ2n) is 6.88. The zero-order valence-electron chi connectivity index (χ0n) is 17.1. The van der Waals surface area contributed by atoms with E-state index in [0.29, 0.717) is 54.3 Å². The van der Waals surface area contributed by atoms with E-state index in [0.717, 1.165) is 5.56 Å². The van der Waals surface area contributed by atoms with E-state index in [4.69, 9.17) is 9.47 Å². The van der Waals surface area contributed by atoms with Crippen LogP contribution in [-0.4, -0.2) is 56.4 Å². The molecule has 1 aliphatic heterocycles. The lowest BCUT2D eigenvalue weighted by Gasteiger charge is -2.25. The molecule has 1 unspecified atom stereocenters. The summed E-state index contributed by atoms with van der Waals surface area (Å²) in [4.78, 5) is 14.5. The molecule has 30 heavy (non-hydrogen) atoms. The molecule has 1 heterocycles. The van der Waals surface area contributed by atoms with Crippen LogP contribution in [0.5, 0.6) is 0 Å². The number of fused-ring (bicyclic) bond motifs is 1. The summed E-state index contributed by atoms with van der Waals surface area (Å²) in [5.74, 6) is -0.0987. The van der Waals surface area contributed by atoms with Gasteiger partial charge < -0.3 is 24.8 Å². The largest absolute Gasteiger partial charge is 0.383 e. The van der Waals surface area contributed by atoms with E-state index < -0.39 is 6.23 Å². The number of ether oxygens (including phenoxy) is 2. The Bertz CT molecular complexity index is 955. The lowest BCUT2D eigenvalue weighted by atomic mass is 9.94. The Balaban J connectivity index is 1.84. The molecule has 2 N–H and O–H groups in total. The second kappa shape index (κ2) is 10.0. The van der Waals surface area contributed by atoms with Gasteiger partial charge in [0.05, 0.1) is 24.8 Å². The SMILES string of the molecule is COCCN(CCOC)C(=O)c1ccc(C2=Cc3c(C#N)cccc3C(O)N2)cc1. The number of aliphatic hydroxyl groups is 1. The van der Waals surface area contributed by atoms with E-state index in [1.807, 2.05) is 18.2 Å². The average Bonchev–Trinajstić information content (AvgIpc) is 2.78. The van der Waals surface area contributed by atoms with Crippen molar-refractivity contribution in [2.75, 3.05) is 40.5 Å². The van der Waals surface area contributed by atoms with Gasteiger partial charge in [0.15, 0.2) is 6.23 Å². The van der Waals surface area contributed by atoms with Gasteiger partial charge in [0.2, 0.25) is 0 Å². The van der Waals surface area contributed by atoms with E-state index in [2.05, 4.69) is 11.4 Å². The van der Waals surface area contributed by atoms with Gasteiger partial charge >= 0.3 is 0 Å².